The van der Waals surface area contributed by atoms with E-state index in [2.05, 4.69) is 30.9 Å². The Morgan fingerprint density at radius 3 is 2.70 bits per heavy atom. The Labute approximate surface area is 190 Å². The van der Waals surface area contributed by atoms with Gasteiger partial charge in [-0.05, 0) is 32.4 Å². The second-order valence-corrected chi connectivity index (χ2v) is 7.43. The van der Waals surface area contributed by atoms with E-state index in [1.165, 1.54) is 17.1 Å². The van der Waals surface area contributed by atoms with Crippen LogP contribution in [0.3, 0.4) is 0 Å². The standard InChI is InChI=1S/C21H28FN9O2/c1-4-6-16(12(3)23)28-20-15(22)10-14(18(24)32)19(29-20)27-13-9-17(31-8-7-26-30-31)21(25-11-13)33-5-2/h7-12,16H,4-6,23H2,1-3H3,(H2,24,32)(H2,27,28,29)/t12-,16+/m0/s1. The molecule has 2 atom stereocenters. The molecule has 6 N–H and O–H groups in total. The number of nitrogens with one attached hydrogen (secondary N) is 2. The van der Waals surface area contributed by atoms with Crippen LogP contribution >= 0.6 is 0 Å². The van der Waals surface area contributed by atoms with Crippen LogP contribution in [0.25, 0.3) is 5.69 Å². The first-order valence-corrected chi connectivity index (χ1v) is 10.6. The molecule has 3 heterocycles. The Bertz CT molecular complexity index is 1090. The fourth-order valence-corrected chi connectivity index (χ4v) is 3.22. The van der Waals surface area contributed by atoms with Gasteiger partial charge in [-0.15, -0.1) is 5.10 Å². The highest BCUT2D eigenvalue weighted by molar-refractivity contribution is 5.98. The number of rotatable bonds is 11. The first-order valence-electron chi connectivity index (χ1n) is 10.6. The number of nitrogens with zero attached hydrogens (tertiary/aromatic N) is 5. The van der Waals surface area contributed by atoms with Crippen molar-refractivity contribution in [3.05, 3.63) is 42.1 Å². The van der Waals surface area contributed by atoms with E-state index in [0.29, 0.717) is 23.9 Å². The number of hydrogen-bond acceptors (Lipinski definition) is 9. The summed E-state index contributed by atoms with van der Waals surface area (Å²) in [4.78, 5) is 20.6. The zero-order chi connectivity index (χ0) is 24.0. The molecule has 0 aromatic carbocycles. The van der Waals surface area contributed by atoms with Crippen molar-refractivity contribution in [2.75, 3.05) is 17.2 Å². The maximum absolute atomic E-state index is 14.7. The Kier molecular flexibility index (Phi) is 7.72. The van der Waals surface area contributed by atoms with Crippen LogP contribution in [0.5, 0.6) is 5.88 Å². The van der Waals surface area contributed by atoms with Gasteiger partial charge in [-0.1, -0.05) is 18.6 Å². The van der Waals surface area contributed by atoms with Crippen LogP contribution < -0.4 is 26.8 Å². The minimum absolute atomic E-state index is 0.0337. The van der Waals surface area contributed by atoms with Gasteiger partial charge in [0.15, 0.2) is 11.6 Å². The maximum atomic E-state index is 14.7. The average Bonchev–Trinajstić information content (AvgIpc) is 3.31. The van der Waals surface area contributed by atoms with Crippen molar-refractivity contribution in [1.29, 1.82) is 0 Å². The molecule has 0 aliphatic heterocycles. The third-order valence-corrected chi connectivity index (χ3v) is 4.84. The summed E-state index contributed by atoms with van der Waals surface area (Å²) in [6.45, 7) is 6.08. The van der Waals surface area contributed by atoms with E-state index in [9.17, 15) is 9.18 Å². The molecule has 0 aliphatic rings. The van der Waals surface area contributed by atoms with Crippen molar-refractivity contribution in [3.8, 4) is 11.6 Å². The summed E-state index contributed by atoms with van der Waals surface area (Å²) >= 11 is 0. The number of carbonyl (C=O) groups excluding carboxylic acids is 1. The molecule has 3 aromatic rings. The maximum Gasteiger partial charge on any atom is 0.252 e. The molecule has 0 spiro atoms. The van der Waals surface area contributed by atoms with E-state index in [4.69, 9.17) is 16.2 Å². The predicted molar refractivity (Wildman–Crippen MR) is 122 cm³/mol. The number of hydrogen-bond donors (Lipinski definition) is 4. The summed E-state index contributed by atoms with van der Waals surface area (Å²) in [7, 11) is 0. The van der Waals surface area contributed by atoms with E-state index in [1.807, 2.05) is 20.8 Å². The molecular weight excluding hydrogens is 429 g/mol. The molecule has 0 unspecified atom stereocenters. The van der Waals surface area contributed by atoms with Crippen LogP contribution in [0.1, 0.15) is 44.0 Å². The first kappa shape index (κ1) is 23.9. The van der Waals surface area contributed by atoms with Crippen molar-refractivity contribution >= 4 is 23.2 Å². The Morgan fingerprint density at radius 1 is 1.30 bits per heavy atom. The molecule has 1 amide bonds. The normalized spacial score (nSPS) is 12.8. The van der Waals surface area contributed by atoms with Gasteiger partial charge >= 0.3 is 0 Å². The zero-order valence-corrected chi connectivity index (χ0v) is 18.7. The van der Waals surface area contributed by atoms with Gasteiger partial charge in [-0.2, -0.15) is 0 Å². The third kappa shape index (κ3) is 5.71. The number of ether oxygens (including phenoxy) is 1. The summed E-state index contributed by atoms with van der Waals surface area (Å²) in [6.07, 6.45) is 6.23. The molecule has 176 valence electrons. The SMILES string of the molecule is CCC[C@@H](Nc1nc(Nc2cnc(OCC)c(-n3ccnn3)c2)c(C(N)=O)cc1F)[C@H](C)N. The van der Waals surface area contributed by atoms with Crippen LogP contribution in [-0.4, -0.2) is 49.6 Å². The molecule has 0 fully saturated rings. The second-order valence-electron chi connectivity index (χ2n) is 7.43. The van der Waals surface area contributed by atoms with Crippen LogP contribution in [0.2, 0.25) is 0 Å². The molecule has 3 rings (SSSR count). The Balaban J connectivity index is 2.00. The van der Waals surface area contributed by atoms with Crippen molar-refractivity contribution in [2.24, 2.45) is 11.5 Å². The highest BCUT2D eigenvalue weighted by Gasteiger charge is 2.20. The highest BCUT2D eigenvalue weighted by atomic mass is 19.1. The number of carbonyl (C=O) groups is 1. The van der Waals surface area contributed by atoms with Gasteiger partial charge in [0, 0.05) is 12.1 Å². The Morgan fingerprint density at radius 2 is 2.09 bits per heavy atom. The minimum atomic E-state index is -0.830. The Hall–Kier alpha value is -3.80. The van der Waals surface area contributed by atoms with Crippen molar-refractivity contribution < 1.29 is 13.9 Å². The van der Waals surface area contributed by atoms with E-state index < -0.39 is 11.7 Å². The lowest BCUT2D eigenvalue weighted by Crippen LogP contribution is -2.38. The van der Waals surface area contributed by atoms with Crippen molar-refractivity contribution in [1.82, 2.24) is 25.0 Å². The molecule has 12 heteroatoms. The van der Waals surface area contributed by atoms with Gasteiger partial charge in [0.1, 0.15) is 11.5 Å². The van der Waals surface area contributed by atoms with Gasteiger partial charge in [0.25, 0.3) is 5.91 Å². The molecule has 11 nitrogen and oxygen atoms in total. The average molecular weight is 458 g/mol. The van der Waals surface area contributed by atoms with E-state index in [1.54, 1.807) is 12.3 Å². The minimum Gasteiger partial charge on any atom is -0.476 e. The lowest BCUT2D eigenvalue weighted by molar-refractivity contribution is 0.100. The van der Waals surface area contributed by atoms with Crippen LogP contribution in [0.4, 0.5) is 21.7 Å². The van der Waals surface area contributed by atoms with Gasteiger partial charge in [0.05, 0.1) is 36.4 Å². The van der Waals surface area contributed by atoms with Gasteiger partial charge in [-0.25, -0.2) is 19.0 Å². The molecule has 0 saturated heterocycles. The van der Waals surface area contributed by atoms with Gasteiger partial charge in [0.2, 0.25) is 5.88 Å². The molecule has 0 aliphatic carbocycles. The molecule has 0 radical (unpaired) electrons. The molecule has 3 aromatic heterocycles. The van der Waals surface area contributed by atoms with E-state index >= 15 is 0 Å². The lowest BCUT2D eigenvalue weighted by Gasteiger charge is -2.23. The number of nitrogens with two attached hydrogens (primary N) is 2. The van der Waals surface area contributed by atoms with Gasteiger partial charge in [-0.3, -0.25) is 4.79 Å². The fourth-order valence-electron chi connectivity index (χ4n) is 3.22. The van der Waals surface area contributed by atoms with E-state index in [0.717, 1.165) is 18.9 Å². The highest BCUT2D eigenvalue weighted by Crippen LogP contribution is 2.28. The monoisotopic (exact) mass is 457 g/mol. The smallest absolute Gasteiger partial charge is 0.252 e. The third-order valence-electron chi connectivity index (χ3n) is 4.84. The fraction of sp³-hybridized carbons (Fsp3) is 0.381. The van der Waals surface area contributed by atoms with Gasteiger partial charge < -0.3 is 26.8 Å². The second kappa shape index (κ2) is 10.7. The van der Waals surface area contributed by atoms with Crippen molar-refractivity contribution in [3.63, 3.8) is 0 Å². The summed E-state index contributed by atoms with van der Waals surface area (Å²) in [5.41, 5.74) is 12.4. The lowest BCUT2D eigenvalue weighted by atomic mass is 10.1. The number of anilines is 3. The number of amides is 1. The first-order chi connectivity index (χ1) is 15.8. The molecule has 33 heavy (non-hydrogen) atoms. The topological polar surface area (TPSA) is 159 Å². The number of halogens is 1. The van der Waals surface area contributed by atoms with Crippen LogP contribution in [0, 0.1) is 5.82 Å². The largest absolute Gasteiger partial charge is 0.476 e. The zero-order valence-electron chi connectivity index (χ0n) is 18.7. The van der Waals surface area contributed by atoms with Crippen molar-refractivity contribution in [2.45, 2.75) is 45.7 Å². The quantitative estimate of drug-likeness (QED) is 0.339. The number of pyridine rings is 2. The summed E-state index contributed by atoms with van der Waals surface area (Å²) in [6, 6.07) is 2.30. The summed E-state index contributed by atoms with van der Waals surface area (Å²) < 4.78 is 21.8. The van der Waals surface area contributed by atoms with Crippen LogP contribution in [-0.2, 0) is 0 Å². The molecule has 0 bridgehead atoms. The number of aromatic nitrogens is 5. The summed E-state index contributed by atoms with van der Waals surface area (Å²) in [5, 5.41) is 13.8. The summed E-state index contributed by atoms with van der Waals surface area (Å²) in [5.74, 6) is -1.15. The van der Waals surface area contributed by atoms with Crippen LogP contribution in [0.15, 0.2) is 30.7 Å². The predicted octanol–water partition coefficient (Wildman–Crippen LogP) is 2.37. The molecule has 0 saturated carbocycles. The molecular formula is C21H28FN9O2. The van der Waals surface area contributed by atoms with E-state index in [-0.39, 0.29) is 29.3 Å². The number of primary amides is 1.